The normalized spacial score (nSPS) is 18.7. The van der Waals surface area contributed by atoms with Crippen LogP contribution in [0.2, 0.25) is 0 Å². The van der Waals surface area contributed by atoms with Crippen LogP contribution >= 0.6 is 0 Å². The summed E-state index contributed by atoms with van der Waals surface area (Å²) in [6.07, 6.45) is 10.2. The molecule has 0 atom stereocenters. The van der Waals surface area contributed by atoms with Crippen molar-refractivity contribution in [3.63, 3.8) is 0 Å². The first kappa shape index (κ1) is 21.8. The number of hydrogen-bond donors (Lipinski definition) is 2. The molecular formula is C22H36N4O3. The highest BCUT2D eigenvalue weighted by atomic mass is 16.5. The van der Waals surface area contributed by atoms with E-state index in [1.54, 1.807) is 7.05 Å². The van der Waals surface area contributed by atoms with E-state index in [0.29, 0.717) is 18.6 Å². The molecule has 0 unspecified atom stereocenters. The summed E-state index contributed by atoms with van der Waals surface area (Å²) in [7, 11) is 1.79. The predicted octanol–water partition coefficient (Wildman–Crippen LogP) is 2.90. The smallest absolute Gasteiger partial charge is 0.213 e. The zero-order valence-corrected chi connectivity index (χ0v) is 17.7. The highest BCUT2D eigenvalue weighted by Gasteiger charge is 2.17. The Labute approximate surface area is 174 Å². The number of nitrogens with zero attached hydrogens (tertiary/aromatic N) is 2. The molecule has 2 N–H and O–H groups in total. The molecule has 0 bridgehead atoms. The van der Waals surface area contributed by atoms with E-state index < -0.39 is 0 Å². The van der Waals surface area contributed by atoms with Crippen molar-refractivity contribution in [3.8, 4) is 5.88 Å². The minimum absolute atomic E-state index is 0.343. The number of hydrogen-bond acceptors (Lipinski definition) is 5. The van der Waals surface area contributed by atoms with E-state index in [4.69, 9.17) is 14.2 Å². The maximum absolute atomic E-state index is 5.92. The van der Waals surface area contributed by atoms with Gasteiger partial charge in [-0.1, -0.05) is 6.07 Å². The Kier molecular flexibility index (Phi) is 9.53. The van der Waals surface area contributed by atoms with Gasteiger partial charge in [0.1, 0.15) is 6.10 Å². The van der Waals surface area contributed by atoms with Crippen LogP contribution in [0.5, 0.6) is 5.88 Å². The van der Waals surface area contributed by atoms with Crippen molar-refractivity contribution >= 4 is 5.96 Å². The minimum Gasteiger partial charge on any atom is -0.474 e. The molecule has 1 aliphatic heterocycles. The van der Waals surface area contributed by atoms with Crippen molar-refractivity contribution < 1.29 is 14.2 Å². The summed E-state index contributed by atoms with van der Waals surface area (Å²) in [5.41, 5.74) is 1.10. The van der Waals surface area contributed by atoms with Crippen molar-refractivity contribution in [2.24, 2.45) is 10.9 Å². The molecule has 1 aromatic rings. The van der Waals surface area contributed by atoms with Gasteiger partial charge in [0, 0.05) is 58.8 Å². The number of aliphatic imine (C=N–C) groups is 1. The topological polar surface area (TPSA) is 77.0 Å². The van der Waals surface area contributed by atoms with Crippen LogP contribution < -0.4 is 15.4 Å². The molecule has 0 spiro atoms. The third kappa shape index (κ3) is 8.19. The molecule has 7 heteroatoms. The van der Waals surface area contributed by atoms with E-state index in [0.717, 1.165) is 82.5 Å². The average molecular weight is 405 g/mol. The number of ether oxygens (including phenoxy) is 3. The van der Waals surface area contributed by atoms with Crippen molar-refractivity contribution in [3.05, 3.63) is 23.9 Å². The number of nitrogens with one attached hydrogen (secondary N) is 2. The minimum atomic E-state index is 0.343. The van der Waals surface area contributed by atoms with E-state index in [1.807, 2.05) is 12.3 Å². The summed E-state index contributed by atoms with van der Waals surface area (Å²) in [6.45, 7) is 4.89. The predicted molar refractivity (Wildman–Crippen MR) is 114 cm³/mol. The van der Waals surface area contributed by atoms with Gasteiger partial charge in [-0.25, -0.2) is 4.98 Å². The van der Waals surface area contributed by atoms with Crippen LogP contribution in [0.4, 0.5) is 0 Å². The molecule has 29 heavy (non-hydrogen) atoms. The molecule has 1 aromatic heterocycles. The molecule has 2 aliphatic rings. The van der Waals surface area contributed by atoms with Crippen molar-refractivity contribution in [2.45, 2.75) is 57.6 Å². The summed E-state index contributed by atoms with van der Waals surface area (Å²) in [5.74, 6) is 2.18. The van der Waals surface area contributed by atoms with Crippen LogP contribution in [0, 0.1) is 5.92 Å². The van der Waals surface area contributed by atoms with Crippen molar-refractivity contribution in [1.29, 1.82) is 0 Å². The molecule has 3 rings (SSSR count). The van der Waals surface area contributed by atoms with Gasteiger partial charge in [-0.15, -0.1) is 0 Å². The maximum atomic E-state index is 5.92. The number of aromatic nitrogens is 1. The Bertz CT molecular complexity index is 597. The molecule has 0 amide bonds. The molecule has 0 aromatic carbocycles. The van der Waals surface area contributed by atoms with Crippen LogP contribution in [0.3, 0.4) is 0 Å². The van der Waals surface area contributed by atoms with Crippen molar-refractivity contribution in [2.75, 3.05) is 40.0 Å². The Hall–Kier alpha value is -1.86. The Morgan fingerprint density at radius 2 is 2.00 bits per heavy atom. The second-order valence-corrected chi connectivity index (χ2v) is 7.87. The maximum Gasteiger partial charge on any atom is 0.213 e. The van der Waals surface area contributed by atoms with Gasteiger partial charge in [0.25, 0.3) is 0 Å². The van der Waals surface area contributed by atoms with Crippen LogP contribution in [-0.2, 0) is 16.0 Å². The van der Waals surface area contributed by atoms with Crippen LogP contribution in [0.1, 0.15) is 50.5 Å². The second kappa shape index (κ2) is 12.6. The summed E-state index contributed by atoms with van der Waals surface area (Å²) in [5, 5.41) is 6.66. The lowest BCUT2D eigenvalue weighted by atomic mass is 10.0. The third-order valence-electron chi connectivity index (χ3n) is 5.52. The number of pyridine rings is 1. The summed E-state index contributed by atoms with van der Waals surface area (Å²) < 4.78 is 17.1. The summed E-state index contributed by atoms with van der Waals surface area (Å²) >= 11 is 0. The quantitative estimate of drug-likeness (QED) is 0.355. The van der Waals surface area contributed by atoms with E-state index >= 15 is 0 Å². The molecule has 2 fully saturated rings. The number of guanidine groups is 1. The fraction of sp³-hybridized carbons (Fsp3) is 0.727. The van der Waals surface area contributed by atoms with Crippen LogP contribution in [0.15, 0.2) is 23.3 Å². The summed E-state index contributed by atoms with van der Waals surface area (Å²) in [4.78, 5) is 8.71. The molecule has 1 saturated heterocycles. The highest BCUT2D eigenvalue weighted by molar-refractivity contribution is 5.79. The van der Waals surface area contributed by atoms with Crippen LogP contribution in [0.25, 0.3) is 0 Å². The van der Waals surface area contributed by atoms with Crippen molar-refractivity contribution in [1.82, 2.24) is 15.6 Å². The van der Waals surface area contributed by atoms with Crippen LogP contribution in [-0.4, -0.2) is 57.1 Å². The van der Waals surface area contributed by atoms with E-state index in [-0.39, 0.29) is 0 Å². The van der Waals surface area contributed by atoms with Gasteiger partial charge < -0.3 is 24.8 Å². The number of rotatable bonds is 10. The molecule has 162 valence electrons. The van der Waals surface area contributed by atoms with E-state index in [9.17, 15) is 0 Å². The average Bonchev–Trinajstić information content (AvgIpc) is 3.27. The fourth-order valence-electron chi connectivity index (χ4n) is 3.71. The van der Waals surface area contributed by atoms with Gasteiger partial charge in [-0.05, 0) is 56.4 Å². The zero-order chi connectivity index (χ0) is 20.2. The summed E-state index contributed by atoms with van der Waals surface area (Å²) in [6, 6.07) is 4.02. The molecule has 1 aliphatic carbocycles. The largest absolute Gasteiger partial charge is 0.474 e. The molecule has 7 nitrogen and oxygen atoms in total. The molecule has 0 radical (unpaired) electrons. The third-order valence-corrected chi connectivity index (χ3v) is 5.52. The Morgan fingerprint density at radius 1 is 1.17 bits per heavy atom. The first-order valence-corrected chi connectivity index (χ1v) is 11.0. The first-order chi connectivity index (χ1) is 14.3. The van der Waals surface area contributed by atoms with E-state index in [1.165, 1.54) is 12.8 Å². The SMILES string of the molecule is CN=C(NCCCOCC1CCOCC1)NCc1ccc(OC2CCCC2)nc1. The zero-order valence-electron chi connectivity index (χ0n) is 17.7. The lowest BCUT2D eigenvalue weighted by Crippen LogP contribution is -2.37. The fourth-order valence-corrected chi connectivity index (χ4v) is 3.71. The standard InChI is InChI=1S/C22H36N4O3/c1-23-22(24-11-4-12-28-17-18-9-13-27-14-10-18)26-16-19-7-8-21(25-15-19)29-20-5-2-3-6-20/h7-8,15,18,20H,2-6,9-14,16-17H2,1H3,(H2,23,24,26). The molecular weight excluding hydrogens is 368 g/mol. The molecule has 2 heterocycles. The van der Waals surface area contributed by atoms with Gasteiger partial charge in [0.05, 0.1) is 0 Å². The second-order valence-electron chi connectivity index (χ2n) is 7.87. The lowest BCUT2D eigenvalue weighted by molar-refractivity contribution is 0.0203. The van der Waals surface area contributed by atoms with Gasteiger partial charge >= 0.3 is 0 Å². The van der Waals surface area contributed by atoms with Gasteiger partial charge in [-0.2, -0.15) is 0 Å². The van der Waals surface area contributed by atoms with E-state index in [2.05, 4.69) is 26.7 Å². The van der Waals surface area contributed by atoms with Gasteiger partial charge in [-0.3, -0.25) is 4.99 Å². The Balaban J connectivity index is 1.25. The first-order valence-electron chi connectivity index (χ1n) is 11.0. The molecule has 1 saturated carbocycles. The highest BCUT2D eigenvalue weighted by Crippen LogP contribution is 2.22. The Morgan fingerprint density at radius 3 is 2.72 bits per heavy atom. The lowest BCUT2D eigenvalue weighted by Gasteiger charge is -2.21. The monoisotopic (exact) mass is 404 g/mol. The van der Waals surface area contributed by atoms with Gasteiger partial charge in [0.2, 0.25) is 5.88 Å². The van der Waals surface area contributed by atoms with Gasteiger partial charge in [0.15, 0.2) is 5.96 Å².